The average molecular weight is 329 g/mol. The van der Waals surface area contributed by atoms with Gasteiger partial charge in [0.2, 0.25) is 10.0 Å². The number of rotatable bonds is 5. The van der Waals surface area contributed by atoms with Crippen molar-refractivity contribution in [2.45, 2.75) is 69.9 Å². The van der Waals surface area contributed by atoms with E-state index in [1.807, 2.05) is 34.6 Å². The molecule has 1 unspecified atom stereocenters. The Kier molecular flexibility index (Phi) is 4.99. The fourth-order valence-corrected chi connectivity index (χ4v) is 3.85. The van der Waals surface area contributed by atoms with Gasteiger partial charge in [0, 0.05) is 30.8 Å². The molecule has 0 saturated carbocycles. The Morgan fingerprint density at radius 2 is 2.14 bits per heavy atom. The van der Waals surface area contributed by atoms with E-state index in [9.17, 15) is 8.42 Å². The Morgan fingerprint density at radius 1 is 1.45 bits per heavy atom. The van der Waals surface area contributed by atoms with Crippen molar-refractivity contribution in [3.63, 3.8) is 0 Å². The molecule has 22 heavy (non-hydrogen) atoms. The Labute approximate surface area is 133 Å². The van der Waals surface area contributed by atoms with Gasteiger partial charge in [0.25, 0.3) is 0 Å². The third-order valence-electron chi connectivity index (χ3n) is 3.75. The lowest BCUT2D eigenvalue weighted by molar-refractivity contribution is 0.114. The lowest BCUT2D eigenvalue weighted by Gasteiger charge is -2.18. The quantitative estimate of drug-likeness (QED) is 0.899. The number of hydrogen-bond donors (Lipinski definition) is 1. The minimum Gasteiger partial charge on any atom is -0.377 e. The minimum atomic E-state index is -3.59. The molecule has 0 radical (unpaired) electrons. The van der Waals surface area contributed by atoms with Crippen LogP contribution < -0.4 is 4.72 Å². The van der Waals surface area contributed by atoms with E-state index in [1.165, 1.54) is 0 Å². The zero-order chi connectivity index (χ0) is 16.5. The van der Waals surface area contributed by atoms with Gasteiger partial charge in [-0.05, 0) is 26.7 Å². The number of hydrogen-bond acceptors (Lipinski definition) is 4. The molecular weight excluding hydrogens is 302 g/mol. The van der Waals surface area contributed by atoms with Crippen molar-refractivity contribution in [1.29, 1.82) is 0 Å². The van der Waals surface area contributed by atoms with Gasteiger partial charge >= 0.3 is 0 Å². The molecule has 126 valence electrons. The summed E-state index contributed by atoms with van der Waals surface area (Å²) in [7, 11) is -3.59. The van der Waals surface area contributed by atoms with Crippen molar-refractivity contribution in [3.05, 3.63) is 11.9 Å². The predicted molar refractivity (Wildman–Crippen MR) is 85.5 cm³/mol. The SMILES string of the molecule is CC(C)n1cc(S(=O)(=O)NCC2CCCO2)c(C(C)(C)C)n1. The van der Waals surface area contributed by atoms with E-state index in [0.29, 0.717) is 18.8 Å². The first-order valence-electron chi connectivity index (χ1n) is 7.82. The fraction of sp³-hybridized carbons (Fsp3) is 0.800. The molecule has 1 aliphatic heterocycles. The molecule has 2 heterocycles. The molecular formula is C15H27N3O3S. The molecule has 0 aromatic carbocycles. The highest BCUT2D eigenvalue weighted by Crippen LogP contribution is 2.28. The van der Waals surface area contributed by atoms with Gasteiger partial charge in [0.15, 0.2) is 0 Å². The first kappa shape index (κ1) is 17.4. The molecule has 2 rings (SSSR count). The van der Waals surface area contributed by atoms with Crippen molar-refractivity contribution >= 4 is 10.0 Å². The van der Waals surface area contributed by atoms with Crippen LogP contribution in [0.25, 0.3) is 0 Å². The Hall–Kier alpha value is -0.920. The van der Waals surface area contributed by atoms with E-state index >= 15 is 0 Å². The highest BCUT2D eigenvalue weighted by atomic mass is 32.2. The van der Waals surface area contributed by atoms with Gasteiger partial charge in [-0.3, -0.25) is 4.68 Å². The first-order chi connectivity index (χ1) is 10.1. The Bertz CT molecular complexity index is 608. The molecule has 1 saturated heterocycles. The highest BCUT2D eigenvalue weighted by molar-refractivity contribution is 7.89. The molecule has 1 N–H and O–H groups in total. The number of nitrogens with zero attached hydrogens (tertiary/aromatic N) is 2. The van der Waals surface area contributed by atoms with Crippen molar-refractivity contribution in [2.75, 3.05) is 13.2 Å². The smallest absolute Gasteiger partial charge is 0.244 e. The zero-order valence-electron chi connectivity index (χ0n) is 14.1. The van der Waals surface area contributed by atoms with Crippen LogP contribution in [-0.2, 0) is 20.2 Å². The number of nitrogens with one attached hydrogen (secondary N) is 1. The summed E-state index contributed by atoms with van der Waals surface area (Å²) in [5.74, 6) is 0. The van der Waals surface area contributed by atoms with Gasteiger partial charge in [0.1, 0.15) is 4.90 Å². The van der Waals surface area contributed by atoms with Gasteiger partial charge in [-0.1, -0.05) is 20.8 Å². The third-order valence-corrected chi connectivity index (χ3v) is 5.18. The standard InChI is InChI=1S/C15H27N3O3S/c1-11(2)18-10-13(14(17-18)15(3,4)5)22(19,20)16-9-12-7-6-8-21-12/h10-12,16H,6-9H2,1-5H3. The average Bonchev–Trinajstić information content (AvgIpc) is 3.05. The van der Waals surface area contributed by atoms with Gasteiger partial charge < -0.3 is 4.74 Å². The van der Waals surface area contributed by atoms with E-state index in [2.05, 4.69) is 9.82 Å². The zero-order valence-corrected chi connectivity index (χ0v) is 14.9. The van der Waals surface area contributed by atoms with Gasteiger partial charge in [-0.25, -0.2) is 13.1 Å². The van der Waals surface area contributed by atoms with Crippen molar-refractivity contribution in [1.82, 2.24) is 14.5 Å². The molecule has 0 amide bonds. The second kappa shape index (κ2) is 6.29. The van der Waals surface area contributed by atoms with Crippen LogP contribution in [0.1, 0.15) is 59.2 Å². The topological polar surface area (TPSA) is 73.2 Å². The molecule has 1 aromatic rings. The summed E-state index contributed by atoms with van der Waals surface area (Å²) in [6, 6.07) is 0.114. The minimum absolute atomic E-state index is 0.0204. The van der Waals surface area contributed by atoms with E-state index < -0.39 is 10.0 Å². The number of sulfonamides is 1. The van der Waals surface area contributed by atoms with Crippen LogP contribution in [0.3, 0.4) is 0 Å². The molecule has 7 heteroatoms. The Morgan fingerprint density at radius 3 is 2.64 bits per heavy atom. The van der Waals surface area contributed by atoms with E-state index in [-0.39, 0.29) is 22.5 Å². The van der Waals surface area contributed by atoms with Crippen LogP contribution in [0.15, 0.2) is 11.1 Å². The summed E-state index contributed by atoms with van der Waals surface area (Å²) in [6.45, 7) is 10.9. The second-order valence-corrected chi connectivity index (χ2v) is 8.89. The summed E-state index contributed by atoms with van der Waals surface area (Å²) >= 11 is 0. The maximum Gasteiger partial charge on any atom is 0.244 e. The van der Waals surface area contributed by atoms with Crippen LogP contribution in [0.4, 0.5) is 0 Å². The summed E-state index contributed by atoms with van der Waals surface area (Å²) in [4.78, 5) is 0.270. The summed E-state index contributed by atoms with van der Waals surface area (Å²) in [5.41, 5.74) is 0.259. The van der Waals surface area contributed by atoms with Crippen LogP contribution in [0.2, 0.25) is 0 Å². The van der Waals surface area contributed by atoms with Crippen LogP contribution >= 0.6 is 0 Å². The molecule has 1 atom stereocenters. The molecule has 1 aromatic heterocycles. The lowest BCUT2D eigenvalue weighted by atomic mass is 9.92. The first-order valence-corrected chi connectivity index (χ1v) is 9.30. The van der Waals surface area contributed by atoms with Crippen molar-refractivity contribution < 1.29 is 13.2 Å². The summed E-state index contributed by atoms with van der Waals surface area (Å²) < 4.78 is 35.2. The van der Waals surface area contributed by atoms with E-state index in [1.54, 1.807) is 10.9 Å². The molecule has 0 spiro atoms. The fourth-order valence-electron chi connectivity index (χ4n) is 2.44. The molecule has 0 bridgehead atoms. The Balaban J connectivity index is 2.28. The lowest BCUT2D eigenvalue weighted by Crippen LogP contribution is -2.33. The van der Waals surface area contributed by atoms with Crippen LogP contribution in [0, 0.1) is 0 Å². The summed E-state index contributed by atoms with van der Waals surface area (Å²) in [5, 5.41) is 4.49. The molecule has 1 fully saturated rings. The normalized spacial score (nSPS) is 20.0. The maximum absolute atomic E-state index is 12.7. The van der Waals surface area contributed by atoms with Crippen LogP contribution in [-0.4, -0.2) is 37.5 Å². The predicted octanol–water partition coefficient (Wildman–Crippen LogP) is 2.22. The third kappa shape index (κ3) is 3.88. The summed E-state index contributed by atoms with van der Waals surface area (Å²) in [6.07, 6.45) is 3.50. The van der Waals surface area contributed by atoms with Gasteiger partial charge in [-0.2, -0.15) is 5.10 Å². The van der Waals surface area contributed by atoms with Gasteiger partial charge in [0.05, 0.1) is 11.8 Å². The maximum atomic E-state index is 12.7. The van der Waals surface area contributed by atoms with Gasteiger partial charge in [-0.15, -0.1) is 0 Å². The monoisotopic (exact) mass is 329 g/mol. The second-order valence-electron chi connectivity index (χ2n) is 7.15. The highest BCUT2D eigenvalue weighted by Gasteiger charge is 2.31. The van der Waals surface area contributed by atoms with Crippen molar-refractivity contribution in [3.8, 4) is 0 Å². The van der Waals surface area contributed by atoms with Crippen LogP contribution in [0.5, 0.6) is 0 Å². The number of ether oxygens (including phenoxy) is 1. The number of aromatic nitrogens is 2. The van der Waals surface area contributed by atoms with Crippen molar-refractivity contribution in [2.24, 2.45) is 0 Å². The molecule has 0 aliphatic carbocycles. The largest absolute Gasteiger partial charge is 0.377 e. The van der Waals surface area contributed by atoms with E-state index in [0.717, 1.165) is 12.8 Å². The molecule has 1 aliphatic rings. The van der Waals surface area contributed by atoms with E-state index in [4.69, 9.17) is 4.74 Å². The molecule has 6 nitrogen and oxygen atoms in total.